The number of nitrogens with one attached hydrogen (secondary N) is 1. The maximum Gasteiger partial charge on any atom is 0.267 e. The molecule has 1 aliphatic heterocycles. The second-order valence-electron chi connectivity index (χ2n) is 6.10. The Morgan fingerprint density at radius 2 is 2.12 bits per heavy atom. The van der Waals surface area contributed by atoms with Gasteiger partial charge >= 0.3 is 0 Å². The molecule has 2 aromatic rings. The van der Waals surface area contributed by atoms with Gasteiger partial charge in [-0.05, 0) is 47.0 Å². The minimum atomic E-state index is -0.274. The first-order valence-corrected chi connectivity index (χ1v) is 9.46. The molecule has 0 spiro atoms. The van der Waals surface area contributed by atoms with Crippen LogP contribution in [0.4, 0.5) is 0 Å². The molecule has 2 fully saturated rings. The number of nitrogens with zero attached hydrogens (tertiary/aromatic N) is 2. The van der Waals surface area contributed by atoms with Crippen molar-refractivity contribution in [2.45, 2.75) is 30.8 Å². The standard InChI is InChI=1S/C16H16BrN3O3S/c17-14-5-4-13(24-14)16(22)18-11-7-23-8-12(11)20-15(21)6-3-10(19-20)9-1-2-9/h3-6,9,11-12H,1-2,7-8H2,(H,18,22). The number of aromatic nitrogens is 2. The van der Waals surface area contributed by atoms with Gasteiger partial charge in [0, 0.05) is 12.0 Å². The normalized spacial score (nSPS) is 23.4. The smallest absolute Gasteiger partial charge is 0.267 e. The summed E-state index contributed by atoms with van der Waals surface area (Å²) in [5.41, 5.74) is 0.793. The van der Waals surface area contributed by atoms with Crippen molar-refractivity contribution < 1.29 is 9.53 Å². The zero-order valence-electron chi connectivity index (χ0n) is 12.8. The highest BCUT2D eigenvalue weighted by atomic mass is 79.9. The fourth-order valence-electron chi connectivity index (χ4n) is 2.87. The molecule has 2 atom stereocenters. The van der Waals surface area contributed by atoms with E-state index in [0.717, 1.165) is 22.3 Å². The molecule has 0 aromatic carbocycles. The number of ether oxygens (including phenoxy) is 1. The first-order chi connectivity index (χ1) is 11.6. The van der Waals surface area contributed by atoms with Gasteiger partial charge in [-0.25, -0.2) is 4.68 Å². The third-order valence-electron chi connectivity index (χ3n) is 4.32. The van der Waals surface area contributed by atoms with Gasteiger partial charge < -0.3 is 10.1 Å². The van der Waals surface area contributed by atoms with E-state index in [9.17, 15) is 9.59 Å². The Labute approximate surface area is 151 Å². The van der Waals surface area contributed by atoms with Crippen molar-refractivity contribution in [2.75, 3.05) is 13.2 Å². The van der Waals surface area contributed by atoms with Crippen molar-refractivity contribution in [1.29, 1.82) is 0 Å². The number of rotatable bonds is 4. The summed E-state index contributed by atoms with van der Waals surface area (Å²) < 4.78 is 7.90. The molecule has 0 bridgehead atoms. The molecule has 1 saturated heterocycles. The highest BCUT2D eigenvalue weighted by Gasteiger charge is 2.34. The van der Waals surface area contributed by atoms with Crippen molar-refractivity contribution in [3.05, 3.63) is 49.0 Å². The van der Waals surface area contributed by atoms with Gasteiger partial charge in [0.25, 0.3) is 11.5 Å². The number of halogens is 1. The van der Waals surface area contributed by atoms with Crippen LogP contribution in [0, 0.1) is 0 Å². The number of carbonyl (C=O) groups is 1. The fourth-order valence-corrected chi connectivity index (χ4v) is 4.16. The monoisotopic (exact) mass is 409 g/mol. The van der Waals surface area contributed by atoms with E-state index in [2.05, 4.69) is 26.3 Å². The minimum absolute atomic E-state index is 0.155. The van der Waals surface area contributed by atoms with E-state index in [1.807, 2.05) is 12.1 Å². The lowest BCUT2D eigenvalue weighted by Crippen LogP contribution is -2.44. The lowest BCUT2D eigenvalue weighted by atomic mass is 10.1. The Bertz CT molecular complexity index is 830. The molecule has 6 nitrogen and oxygen atoms in total. The Balaban J connectivity index is 1.55. The maximum absolute atomic E-state index is 12.4. The molecule has 1 aliphatic carbocycles. The first-order valence-electron chi connectivity index (χ1n) is 7.85. The van der Waals surface area contributed by atoms with E-state index in [1.165, 1.54) is 16.0 Å². The van der Waals surface area contributed by atoms with Crippen LogP contribution in [0.3, 0.4) is 0 Å². The molecular weight excluding hydrogens is 394 g/mol. The molecule has 1 saturated carbocycles. The summed E-state index contributed by atoms with van der Waals surface area (Å²) in [5.74, 6) is 0.313. The van der Waals surface area contributed by atoms with E-state index >= 15 is 0 Å². The highest BCUT2D eigenvalue weighted by Crippen LogP contribution is 2.38. The van der Waals surface area contributed by atoms with Gasteiger partial charge in [-0.15, -0.1) is 11.3 Å². The van der Waals surface area contributed by atoms with E-state index < -0.39 is 0 Å². The van der Waals surface area contributed by atoms with Gasteiger partial charge in [0.2, 0.25) is 0 Å². The van der Waals surface area contributed by atoms with Crippen LogP contribution in [-0.4, -0.2) is 34.9 Å². The number of hydrogen-bond donors (Lipinski definition) is 1. The molecule has 4 rings (SSSR count). The molecule has 2 aromatic heterocycles. The van der Waals surface area contributed by atoms with Gasteiger partial charge in [-0.3, -0.25) is 9.59 Å². The van der Waals surface area contributed by atoms with Gasteiger partial charge in [0.05, 0.1) is 33.6 Å². The van der Waals surface area contributed by atoms with Crippen LogP contribution in [0.25, 0.3) is 0 Å². The van der Waals surface area contributed by atoms with Crippen LogP contribution in [0.2, 0.25) is 0 Å². The number of amides is 1. The highest BCUT2D eigenvalue weighted by molar-refractivity contribution is 9.11. The van der Waals surface area contributed by atoms with Crippen molar-refractivity contribution in [3.63, 3.8) is 0 Å². The van der Waals surface area contributed by atoms with Crippen LogP contribution >= 0.6 is 27.3 Å². The van der Waals surface area contributed by atoms with Crippen molar-refractivity contribution >= 4 is 33.2 Å². The topological polar surface area (TPSA) is 73.2 Å². The number of hydrogen-bond acceptors (Lipinski definition) is 5. The quantitative estimate of drug-likeness (QED) is 0.840. The molecule has 1 N–H and O–H groups in total. The minimum Gasteiger partial charge on any atom is -0.377 e. The summed E-state index contributed by atoms with van der Waals surface area (Å²) in [6.45, 7) is 0.755. The largest absolute Gasteiger partial charge is 0.377 e. The van der Waals surface area contributed by atoms with Gasteiger partial charge in [0.15, 0.2) is 0 Å². The summed E-state index contributed by atoms with van der Waals surface area (Å²) in [5, 5.41) is 7.49. The summed E-state index contributed by atoms with van der Waals surface area (Å²) in [6, 6.07) is 6.44. The van der Waals surface area contributed by atoms with E-state index in [-0.39, 0.29) is 23.6 Å². The molecule has 1 amide bonds. The van der Waals surface area contributed by atoms with Crippen molar-refractivity contribution in [2.24, 2.45) is 0 Å². The van der Waals surface area contributed by atoms with Crippen LogP contribution in [-0.2, 0) is 4.74 Å². The van der Waals surface area contributed by atoms with Crippen LogP contribution in [0.15, 0.2) is 32.8 Å². The third-order valence-corrected chi connectivity index (χ3v) is 5.94. The van der Waals surface area contributed by atoms with Gasteiger partial charge in [-0.1, -0.05) is 0 Å². The second-order valence-corrected chi connectivity index (χ2v) is 8.57. The van der Waals surface area contributed by atoms with Crippen LogP contribution < -0.4 is 10.9 Å². The van der Waals surface area contributed by atoms with Gasteiger partial charge in [0.1, 0.15) is 6.04 Å². The van der Waals surface area contributed by atoms with E-state index in [4.69, 9.17) is 4.74 Å². The molecule has 3 heterocycles. The molecule has 24 heavy (non-hydrogen) atoms. The second kappa shape index (κ2) is 6.42. The average Bonchev–Trinajstić information content (AvgIpc) is 3.17. The lowest BCUT2D eigenvalue weighted by molar-refractivity contribution is 0.0928. The molecule has 8 heteroatoms. The molecule has 2 unspecified atom stereocenters. The predicted octanol–water partition coefficient (Wildman–Crippen LogP) is 2.31. The van der Waals surface area contributed by atoms with E-state index in [1.54, 1.807) is 12.1 Å². The zero-order valence-corrected chi connectivity index (χ0v) is 15.2. The summed E-state index contributed by atoms with van der Waals surface area (Å²) >= 11 is 4.73. The van der Waals surface area contributed by atoms with Crippen molar-refractivity contribution in [1.82, 2.24) is 15.1 Å². The van der Waals surface area contributed by atoms with E-state index in [0.29, 0.717) is 24.0 Å². The first kappa shape index (κ1) is 16.0. The maximum atomic E-state index is 12.4. The fraction of sp³-hybridized carbons (Fsp3) is 0.438. The Morgan fingerprint density at radius 3 is 2.83 bits per heavy atom. The van der Waals surface area contributed by atoms with Gasteiger partial charge in [-0.2, -0.15) is 5.10 Å². The Morgan fingerprint density at radius 1 is 1.29 bits per heavy atom. The van der Waals surface area contributed by atoms with Crippen LogP contribution in [0.5, 0.6) is 0 Å². The van der Waals surface area contributed by atoms with Crippen molar-refractivity contribution in [3.8, 4) is 0 Å². The number of carbonyl (C=O) groups excluding carboxylic acids is 1. The Kier molecular flexibility index (Phi) is 4.28. The summed E-state index contributed by atoms with van der Waals surface area (Å²) in [6.07, 6.45) is 2.25. The molecular formula is C16H16BrN3O3S. The molecule has 0 radical (unpaired) electrons. The lowest BCUT2D eigenvalue weighted by Gasteiger charge is -2.20. The number of thiophene rings is 1. The summed E-state index contributed by atoms with van der Waals surface area (Å²) in [7, 11) is 0. The zero-order chi connectivity index (χ0) is 16.7. The van der Waals surface area contributed by atoms with Crippen LogP contribution in [0.1, 0.15) is 40.2 Å². The average molecular weight is 410 g/mol. The SMILES string of the molecule is O=C(NC1COCC1n1nc(C2CC2)ccc1=O)c1ccc(Br)s1. The molecule has 2 aliphatic rings. The molecule has 126 valence electrons. The predicted molar refractivity (Wildman–Crippen MR) is 93.6 cm³/mol. The Hall–Kier alpha value is -1.51. The third kappa shape index (κ3) is 3.18. The summed E-state index contributed by atoms with van der Waals surface area (Å²) in [4.78, 5) is 25.2.